The fraction of sp³-hybridized carbons (Fsp3) is 0.667. The van der Waals surface area contributed by atoms with Gasteiger partial charge in [0.05, 0.1) is 0 Å². The van der Waals surface area contributed by atoms with Crippen LogP contribution in [0, 0.1) is 0 Å². The van der Waals surface area contributed by atoms with Crippen LogP contribution >= 0.6 is 15.9 Å². The van der Waals surface area contributed by atoms with Crippen molar-refractivity contribution in [2.24, 2.45) is 0 Å². The summed E-state index contributed by atoms with van der Waals surface area (Å²) in [7, 11) is 0. The van der Waals surface area contributed by atoms with E-state index in [4.69, 9.17) is 0 Å². The number of rotatable bonds is 3. The van der Waals surface area contributed by atoms with Crippen LogP contribution in [-0.4, -0.2) is 47.1 Å². The zero-order valence-corrected chi connectivity index (χ0v) is 12.0. The van der Waals surface area contributed by atoms with E-state index >= 15 is 0 Å². The third-order valence-corrected chi connectivity index (χ3v) is 3.95. The summed E-state index contributed by atoms with van der Waals surface area (Å²) >= 11 is 3.40. The van der Waals surface area contributed by atoms with Crippen molar-refractivity contribution >= 4 is 21.9 Å². The largest absolute Gasteiger partial charge is 0.338 e. The molecular formula is C12H19BrN4. The molecule has 1 aliphatic heterocycles. The SMILES string of the molecule is CCN1CCN(c2ncc(CBr)cn2)CC1C. The van der Waals surface area contributed by atoms with Crippen molar-refractivity contribution in [1.29, 1.82) is 0 Å². The van der Waals surface area contributed by atoms with Gasteiger partial charge in [-0.25, -0.2) is 9.97 Å². The Hall–Kier alpha value is -0.680. The highest BCUT2D eigenvalue weighted by Gasteiger charge is 2.23. The van der Waals surface area contributed by atoms with Crippen LogP contribution in [0.25, 0.3) is 0 Å². The van der Waals surface area contributed by atoms with Crippen LogP contribution in [0.5, 0.6) is 0 Å². The molecule has 0 spiro atoms. The zero-order valence-electron chi connectivity index (χ0n) is 10.4. The van der Waals surface area contributed by atoms with Crippen LogP contribution in [0.4, 0.5) is 5.95 Å². The molecule has 0 bridgehead atoms. The van der Waals surface area contributed by atoms with E-state index in [9.17, 15) is 0 Å². The van der Waals surface area contributed by atoms with Gasteiger partial charge in [-0.2, -0.15) is 0 Å². The summed E-state index contributed by atoms with van der Waals surface area (Å²) in [6.07, 6.45) is 3.79. The van der Waals surface area contributed by atoms with Crippen molar-refractivity contribution in [1.82, 2.24) is 14.9 Å². The van der Waals surface area contributed by atoms with Crippen molar-refractivity contribution in [3.63, 3.8) is 0 Å². The van der Waals surface area contributed by atoms with Crippen LogP contribution in [0.1, 0.15) is 19.4 Å². The molecule has 1 aliphatic rings. The number of anilines is 1. The average Bonchev–Trinajstić information content (AvgIpc) is 2.39. The molecule has 0 radical (unpaired) electrons. The van der Waals surface area contributed by atoms with E-state index in [1.165, 1.54) is 0 Å². The number of aromatic nitrogens is 2. The molecule has 2 heterocycles. The molecule has 1 fully saturated rings. The summed E-state index contributed by atoms with van der Waals surface area (Å²) in [5.41, 5.74) is 1.12. The monoisotopic (exact) mass is 298 g/mol. The molecule has 1 unspecified atom stereocenters. The molecule has 5 heteroatoms. The number of alkyl halides is 1. The molecular weight excluding hydrogens is 280 g/mol. The Morgan fingerprint density at radius 3 is 2.59 bits per heavy atom. The minimum atomic E-state index is 0.577. The maximum absolute atomic E-state index is 4.42. The number of hydrogen-bond donors (Lipinski definition) is 0. The third kappa shape index (κ3) is 2.96. The highest BCUT2D eigenvalue weighted by atomic mass is 79.9. The summed E-state index contributed by atoms with van der Waals surface area (Å²) in [5.74, 6) is 0.859. The lowest BCUT2D eigenvalue weighted by atomic mass is 10.2. The Balaban J connectivity index is 2.03. The smallest absolute Gasteiger partial charge is 0.225 e. The Kier molecular flexibility index (Phi) is 4.34. The van der Waals surface area contributed by atoms with Crippen LogP contribution < -0.4 is 4.90 Å². The molecule has 0 aliphatic carbocycles. The van der Waals surface area contributed by atoms with E-state index in [0.29, 0.717) is 6.04 Å². The first kappa shape index (κ1) is 12.8. The Bertz CT molecular complexity index is 354. The predicted octanol–water partition coefficient (Wildman–Crippen LogP) is 1.90. The van der Waals surface area contributed by atoms with Crippen LogP contribution in [0.2, 0.25) is 0 Å². The number of likely N-dealkylation sites (N-methyl/N-ethyl adjacent to an activating group) is 1. The topological polar surface area (TPSA) is 32.3 Å². The normalized spacial score (nSPS) is 21.8. The molecule has 17 heavy (non-hydrogen) atoms. The van der Waals surface area contributed by atoms with Crippen LogP contribution in [0.15, 0.2) is 12.4 Å². The Morgan fingerprint density at radius 1 is 1.35 bits per heavy atom. The lowest BCUT2D eigenvalue weighted by Crippen LogP contribution is -2.52. The fourth-order valence-electron chi connectivity index (χ4n) is 2.23. The minimum absolute atomic E-state index is 0.577. The molecule has 1 saturated heterocycles. The number of halogens is 1. The molecule has 1 atom stereocenters. The highest BCUT2D eigenvalue weighted by molar-refractivity contribution is 9.08. The lowest BCUT2D eigenvalue weighted by molar-refractivity contribution is 0.198. The molecule has 4 nitrogen and oxygen atoms in total. The second-order valence-corrected chi connectivity index (χ2v) is 5.01. The molecule has 0 N–H and O–H groups in total. The van der Waals surface area contributed by atoms with Crippen molar-refractivity contribution in [2.45, 2.75) is 25.2 Å². The van der Waals surface area contributed by atoms with Gasteiger partial charge in [0.25, 0.3) is 0 Å². The van der Waals surface area contributed by atoms with Crippen molar-refractivity contribution in [3.8, 4) is 0 Å². The Labute approximate surface area is 111 Å². The van der Waals surface area contributed by atoms with Crippen LogP contribution in [0.3, 0.4) is 0 Å². The summed E-state index contributed by atoms with van der Waals surface area (Å²) in [5, 5.41) is 0.813. The molecule has 0 aromatic carbocycles. The number of piperazine rings is 1. The van der Waals surface area contributed by atoms with E-state index in [-0.39, 0.29) is 0 Å². The summed E-state index contributed by atoms with van der Waals surface area (Å²) in [6, 6.07) is 0.577. The highest BCUT2D eigenvalue weighted by Crippen LogP contribution is 2.15. The van der Waals surface area contributed by atoms with E-state index in [0.717, 1.165) is 43.0 Å². The summed E-state index contributed by atoms with van der Waals surface area (Å²) in [4.78, 5) is 13.6. The van der Waals surface area contributed by atoms with Gasteiger partial charge in [-0.05, 0) is 19.0 Å². The predicted molar refractivity (Wildman–Crippen MR) is 73.6 cm³/mol. The second kappa shape index (κ2) is 5.78. The van der Waals surface area contributed by atoms with Gasteiger partial charge in [0.2, 0.25) is 5.95 Å². The van der Waals surface area contributed by atoms with Crippen molar-refractivity contribution in [3.05, 3.63) is 18.0 Å². The number of nitrogens with zero attached hydrogens (tertiary/aromatic N) is 4. The lowest BCUT2D eigenvalue weighted by Gasteiger charge is -2.39. The van der Waals surface area contributed by atoms with Crippen LogP contribution in [-0.2, 0) is 5.33 Å². The molecule has 2 rings (SSSR count). The standard InChI is InChI=1S/C12H19BrN4/c1-3-16-4-5-17(9-10(16)2)12-14-7-11(6-13)8-15-12/h7-8,10H,3-6,9H2,1-2H3. The zero-order chi connectivity index (χ0) is 12.3. The summed E-state index contributed by atoms with van der Waals surface area (Å²) < 4.78 is 0. The summed E-state index contributed by atoms with van der Waals surface area (Å²) in [6.45, 7) is 8.74. The van der Waals surface area contributed by atoms with Gasteiger partial charge in [-0.3, -0.25) is 4.90 Å². The average molecular weight is 299 g/mol. The number of hydrogen-bond acceptors (Lipinski definition) is 4. The first-order valence-electron chi connectivity index (χ1n) is 6.10. The van der Waals surface area contributed by atoms with Crippen molar-refractivity contribution < 1.29 is 0 Å². The van der Waals surface area contributed by atoms with Gasteiger partial charge >= 0.3 is 0 Å². The molecule has 0 amide bonds. The van der Waals surface area contributed by atoms with E-state index in [2.05, 4.69) is 49.5 Å². The second-order valence-electron chi connectivity index (χ2n) is 4.45. The molecule has 1 aromatic rings. The van der Waals surface area contributed by atoms with E-state index < -0.39 is 0 Å². The fourth-order valence-corrected chi connectivity index (χ4v) is 2.52. The molecule has 0 saturated carbocycles. The van der Waals surface area contributed by atoms with E-state index in [1.807, 2.05) is 12.4 Å². The first-order chi connectivity index (χ1) is 8.24. The van der Waals surface area contributed by atoms with Gasteiger partial charge < -0.3 is 4.90 Å². The van der Waals surface area contributed by atoms with Gasteiger partial charge in [-0.15, -0.1) is 0 Å². The van der Waals surface area contributed by atoms with Gasteiger partial charge in [-0.1, -0.05) is 22.9 Å². The first-order valence-corrected chi connectivity index (χ1v) is 7.22. The molecule has 94 valence electrons. The van der Waals surface area contributed by atoms with E-state index in [1.54, 1.807) is 0 Å². The maximum Gasteiger partial charge on any atom is 0.225 e. The maximum atomic E-state index is 4.42. The van der Waals surface area contributed by atoms with Gasteiger partial charge in [0.1, 0.15) is 0 Å². The van der Waals surface area contributed by atoms with Gasteiger partial charge in [0.15, 0.2) is 0 Å². The quantitative estimate of drug-likeness (QED) is 0.798. The molecule has 1 aromatic heterocycles. The van der Waals surface area contributed by atoms with Crippen molar-refractivity contribution in [2.75, 3.05) is 31.1 Å². The van der Waals surface area contributed by atoms with Gasteiger partial charge in [0, 0.05) is 43.4 Å². The minimum Gasteiger partial charge on any atom is -0.338 e. The Morgan fingerprint density at radius 2 is 2.06 bits per heavy atom. The third-order valence-electron chi connectivity index (χ3n) is 3.30.